The van der Waals surface area contributed by atoms with Crippen molar-refractivity contribution in [1.29, 1.82) is 0 Å². The second kappa shape index (κ2) is 4.26. The lowest BCUT2D eigenvalue weighted by atomic mass is 9.93. The van der Waals surface area contributed by atoms with E-state index < -0.39 is 0 Å². The lowest BCUT2D eigenvalue weighted by molar-refractivity contribution is -0.126. The Balaban J connectivity index is 1.92. The van der Waals surface area contributed by atoms with E-state index in [2.05, 4.69) is 24.0 Å². The minimum Gasteiger partial charge on any atom is -0.299 e. The molecule has 1 saturated heterocycles. The minimum atomic E-state index is 0.259. The second-order valence-electron chi connectivity index (χ2n) is 4.55. The van der Waals surface area contributed by atoms with Gasteiger partial charge in [0.15, 0.2) is 0 Å². The van der Waals surface area contributed by atoms with Crippen molar-refractivity contribution in [3.8, 4) is 0 Å². The van der Waals surface area contributed by atoms with Crippen LogP contribution in [0.15, 0.2) is 12.2 Å². The zero-order valence-electron chi connectivity index (χ0n) is 8.91. The second-order valence-corrected chi connectivity index (χ2v) is 4.55. The fourth-order valence-corrected chi connectivity index (χ4v) is 2.49. The molecule has 2 nitrogen and oxygen atoms in total. The lowest BCUT2D eigenvalue weighted by Gasteiger charge is -2.37. The highest BCUT2D eigenvalue weighted by Crippen LogP contribution is 2.22. The predicted octanol–water partition coefficient (Wildman–Crippen LogP) is 2.01. The first-order valence-corrected chi connectivity index (χ1v) is 5.69. The van der Waals surface area contributed by atoms with Crippen LogP contribution in [-0.4, -0.2) is 29.8 Å². The van der Waals surface area contributed by atoms with E-state index >= 15 is 0 Å². The molecule has 2 heteroatoms. The van der Waals surface area contributed by atoms with Gasteiger partial charge in [-0.25, -0.2) is 0 Å². The van der Waals surface area contributed by atoms with Gasteiger partial charge in [0.25, 0.3) is 0 Å². The molecule has 2 unspecified atom stereocenters. The van der Waals surface area contributed by atoms with E-state index in [1.54, 1.807) is 0 Å². The van der Waals surface area contributed by atoms with E-state index in [-0.39, 0.29) is 5.92 Å². The molecule has 0 aromatic heterocycles. The SMILES string of the molecule is CC1CN(C2CC=CCC2)CCC1=O. The third-order valence-electron chi connectivity index (χ3n) is 3.46. The maximum Gasteiger partial charge on any atom is 0.138 e. The molecule has 1 aliphatic carbocycles. The number of carbonyl (C=O) groups excluding carboxylic acids is 1. The number of carbonyl (C=O) groups is 1. The zero-order chi connectivity index (χ0) is 9.97. The number of likely N-dealkylation sites (tertiary alicyclic amines) is 1. The van der Waals surface area contributed by atoms with Crippen molar-refractivity contribution in [3.05, 3.63) is 12.2 Å². The molecule has 14 heavy (non-hydrogen) atoms. The van der Waals surface area contributed by atoms with Crippen molar-refractivity contribution < 1.29 is 4.79 Å². The van der Waals surface area contributed by atoms with Crippen LogP contribution >= 0.6 is 0 Å². The first-order chi connectivity index (χ1) is 6.77. The van der Waals surface area contributed by atoms with Crippen molar-refractivity contribution in [2.24, 2.45) is 5.92 Å². The molecule has 2 aliphatic rings. The summed E-state index contributed by atoms with van der Waals surface area (Å²) >= 11 is 0. The smallest absolute Gasteiger partial charge is 0.138 e. The molecular weight excluding hydrogens is 174 g/mol. The Bertz CT molecular complexity index is 247. The highest BCUT2D eigenvalue weighted by atomic mass is 16.1. The van der Waals surface area contributed by atoms with Crippen LogP contribution in [-0.2, 0) is 4.79 Å². The number of ketones is 1. The Labute approximate surface area is 86.0 Å². The van der Waals surface area contributed by atoms with Gasteiger partial charge in [0.05, 0.1) is 0 Å². The Hall–Kier alpha value is -0.630. The molecule has 0 saturated carbocycles. The molecule has 0 aromatic carbocycles. The van der Waals surface area contributed by atoms with Gasteiger partial charge in [0.2, 0.25) is 0 Å². The van der Waals surface area contributed by atoms with E-state index in [1.807, 2.05) is 0 Å². The fraction of sp³-hybridized carbons (Fsp3) is 0.750. The Morgan fingerprint density at radius 2 is 2.29 bits per heavy atom. The van der Waals surface area contributed by atoms with Crippen molar-refractivity contribution in [1.82, 2.24) is 4.90 Å². The maximum atomic E-state index is 11.4. The highest BCUT2D eigenvalue weighted by Gasteiger charge is 2.27. The Morgan fingerprint density at radius 3 is 2.93 bits per heavy atom. The summed E-state index contributed by atoms with van der Waals surface area (Å²) in [4.78, 5) is 13.9. The van der Waals surface area contributed by atoms with Gasteiger partial charge >= 0.3 is 0 Å². The van der Waals surface area contributed by atoms with Gasteiger partial charge in [-0.2, -0.15) is 0 Å². The molecule has 2 rings (SSSR count). The molecule has 0 amide bonds. The van der Waals surface area contributed by atoms with Gasteiger partial charge in [0, 0.05) is 31.5 Å². The van der Waals surface area contributed by atoms with Crippen LogP contribution in [0.25, 0.3) is 0 Å². The van der Waals surface area contributed by atoms with Gasteiger partial charge in [-0.1, -0.05) is 19.1 Å². The number of nitrogens with zero attached hydrogens (tertiary/aromatic N) is 1. The van der Waals surface area contributed by atoms with E-state index in [4.69, 9.17) is 0 Å². The quantitative estimate of drug-likeness (QED) is 0.594. The molecule has 0 radical (unpaired) electrons. The van der Waals surface area contributed by atoms with Gasteiger partial charge in [-0.3, -0.25) is 9.69 Å². The monoisotopic (exact) mass is 193 g/mol. The minimum absolute atomic E-state index is 0.259. The van der Waals surface area contributed by atoms with Crippen LogP contribution in [0.1, 0.15) is 32.6 Å². The predicted molar refractivity (Wildman–Crippen MR) is 57.1 cm³/mol. The van der Waals surface area contributed by atoms with Gasteiger partial charge in [-0.15, -0.1) is 0 Å². The first-order valence-electron chi connectivity index (χ1n) is 5.69. The van der Waals surface area contributed by atoms with E-state index in [1.165, 1.54) is 19.3 Å². The van der Waals surface area contributed by atoms with Crippen LogP contribution in [0.2, 0.25) is 0 Å². The summed E-state index contributed by atoms with van der Waals surface area (Å²) in [5, 5.41) is 0. The molecule has 0 bridgehead atoms. The van der Waals surface area contributed by atoms with Crippen LogP contribution < -0.4 is 0 Å². The standard InChI is InChI=1S/C12H19NO/c1-10-9-13(8-7-12(10)14)11-5-3-2-4-6-11/h2-3,10-11H,4-9H2,1H3. The number of hydrogen-bond acceptors (Lipinski definition) is 2. The Kier molecular flexibility index (Phi) is 3.02. The average Bonchev–Trinajstić information content (AvgIpc) is 2.23. The largest absolute Gasteiger partial charge is 0.299 e. The van der Waals surface area contributed by atoms with E-state index in [0.29, 0.717) is 11.8 Å². The Morgan fingerprint density at radius 1 is 1.43 bits per heavy atom. The lowest BCUT2D eigenvalue weighted by Crippen LogP contribution is -2.45. The zero-order valence-corrected chi connectivity index (χ0v) is 8.91. The number of piperidine rings is 1. The highest BCUT2D eigenvalue weighted by molar-refractivity contribution is 5.81. The summed E-state index contributed by atoms with van der Waals surface area (Å²) < 4.78 is 0. The summed E-state index contributed by atoms with van der Waals surface area (Å²) in [6.07, 6.45) is 8.99. The number of Topliss-reactive ketones (excluding diaryl/α,β-unsaturated/α-hetero) is 1. The van der Waals surface area contributed by atoms with Gasteiger partial charge in [0.1, 0.15) is 5.78 Å². The summed E-state index contributed by atoms with van der Waals surface area (Å²) in [7, 11) is 0. The van der Waals surface area contributed by atoms with Crippen molar-refractivity contribution >= 4 is 5.78 Å². The third-order valence-corrected chi connectivity index (χ3v) is 3.46. The topological polar surface area (TPSA) is 20.3 Å². The molecule has 1 heterocycles. The fourth-order valence-electron chi connectivity index (χ4n) is 2.49. The van der Waals surface area contributed by atoms with Crippen LogP contribution in [0, 0.1) is 5.92 Å². The van der Waals surface area contributed by atoms with Crippen LogP contribution in [0.5, 0.6) is 0 Å². The van der Waals surface area contributed by atoms with Crippen molar-refractivity contribution in [2.45, 2.75) is 38.6 Å². The van der Waals surface area contributed by atoms with Gasteiger partial charge < -0.3 is 0 Å². The number of hydrogen-bond donors (Lipinski definition) is 0. The summed E-state index contributed by atoms with van der Waals surface area (Å²) in [6.45, 7) is 4.03. The molecule has 78 valence electrons. The van der Waals surface area contributed by atoms with Crippen LogP contribution in [0.4, 0.5) is 0 Å². The molecule has 0 N–H and O–H groups in total. The molecular formula is C12H19NO. The van der Waals surface area contributed by atoms with Crippen molar-refractivity contribution in [3.63, 3.8) is 0 Å². The van der Waals surface area contributed by atoms with E-state index in [0.717, 1.165) is 19.5 Å². The van der Waals surface area contributed by atoms with Gasteiger partial charge in [-0.05, 0) is 19.3 Å². The average molecular weight is 193 g/mol. The maximum absolute atomic E-state index is 11.4. The van der Waals surface area contributed by atoms with Crippen LogP contribution in [0.3, 0.4) is 0 Å². The number of rotatable bonds is 1. The summed E-state index contributed by atoms with van der Waals surface area (Å²) in [5.74, 6) is 0.710. The third kappa shape index (κ3) is 2.06. The molecule has 2 atom stereocenters. The summed E-state index contributed by atoms with van der Waals surface area (Å²) in [6, 6.07) is 0.704. The molecule has 0 spiro atoms. The van der Waals surface area contributed by atoms with E-state index in [9.17, 15) is 4.79 Å². The van der Waals surface area contributed by atoms with Crippen molar-refractivity contribution in [2.75, 3.05) is 13.1 Å². The first kappa shape index (κ1) is 9.91. The molecule has 1 fully saturated rings. The number of allylic oxidation sites excluding steroid dienone is 1. The summed E-state index contributed by atoms with van der Waals surface area (Å²) in [5.41, 5.74) is 0. The molecule has 1 aliphatic heterocycles. The molecule has 0 aromatic rings. The normalized spacial score (nSPS) is 34.8.